The lowest BCUT2D eigenvalue weighted by Gasteiger charge is -2.19. The Labute approximate surface area is 184 Å². The summed E-state index contributed by atoms with van der Waals surface area (Å²) in [5, 5.41) is 5.27. The summed E-state index contributed by atoms with van der Waals surface area (Å²) in [5.41, 5.74) is 0.906. The molecule has 3 aromatic carbocycles. The van der Waals surface area contributed by atoms with Crippen molar-refractivity contribution < 1.29 is 27.5 Å². The number of anilines is 2. The van der Waals surface area contributed by atoms with Crippen molar-refractivity contribution in [2.45, 2.75) is 16.7 Å². The third-order valence-electron chi connectivity index (χ3n) is 4.97. The number of ketones is 1. The zero-order valence-corrected chi connectivity index (χ0v) is 17.9. The molecular formula is C23H18N2O6S. The number of rotatable bonds is 4. The number of nitrogens with one attached hydrogen (secondary N) is 2. The molecule has 32 heavy (non-hydrogen) atoms. The number of sulfone groups is 1. The lowest BCUT2D eigenvalue weighted by atomic mass is 10.0. The van der Waals surface area contributed by atoms with Crippen LogP contribution in [-0.4, -0.2) is 33.1 Å². The minimum Gasteiger partial charge on any atom is -0.495 e. The molecule has 0 radical (unpaired) electrons. The molecule has 4 rings (SSSR count). The van der Waals surface area contributed by atoms with Crippen molar-refractivity contribution in [3.8, 4) is 5.75 Å². The first-order chi connectivity index (χ1) is 15.2. The average Bonchev–Trinajstić information content (AvgIpc) is 2.77. The van der Waals surface area contributed by atoms with Crippen LogP contribution >= 0.6 is 0 Å². The normalized spacial score (nSPS) is 13.5. The Morgan fingerprint density at radius 3 is 2.31 bits per heavy atom. The second kappa shape index (κ2) is 7.93. The summed E-state index contributed by atoms with van der Waals surface area (Å²) < 4.78 is 31.4. The third kappa shape index (κ3) is 3.63. The Bertz CT molecular complexity index is 1400. The smallest absolute Gasteiger partial charge is 0.255 e. The zero-order chi connectivity index (χ0) is 23.0. The third-order valence-corrected chi connectivity index (χ3v) is 6.82. The summed E-state index contributed by atoms with van der Waals surface area (Å²) in [6, 6.07) is 14.6. The number of fused-ring (bicyclic) bond motifs is 2. The largest absolute Gasteiger partial charge is 0.495 e. The van der Waals surface area contributed by atoms with Crippen LogP contribution < -0.4 is 15.4 Å². The van der Waals surface area contributed by atoms with Crippen LogP contribution in [0.15, 0.2) is 70.5 Å². The van der Waals surface area contributed by atoms with E-state index in [0.717, 1.165) is 0 Å². The molecule has 2 amide bonds. The molecule has 2 N–H and O–H groups in total. The lowest BCUT2D eigenvalue weighted by Crippen LogP contribution is -2.21. The number of amides is 2. The Morgan fingerprint density at radius 1 is 0.875 bits per heavy atom. The van der Waals surface area contributed by atoms with E-state index in [1.54, 1.807) is 24.3 Å². The van der Waals surface area contributed by atoms with Crippen molar-refractivity contribution in [2.75, 3.05) is 17.7 Å². The molecule has 8 nitrogen and oxygen atoms in total. The Kier molecular flexibility index (Phi) is 5.27. The van der Waals surface area contributed by atoms with Gasteiger partial charge in [-0.25, -0.2) is 8.42 Å². The van der Waals surface area contributed by atoms with Gasteiger partial charge in [-0.3, -0.25) is 14.4 Å². The van der Waals surface area contributed by atoms with Crippen LogP contribution in [-0.2, 0) is 14.6 Å². The van der Waals surface area contributed by atoms with Gasteiger partial charge in [-0.05, 0) is 48.5 Å². The fraction of sp³-hybridized carbons (Fsp3) is 0.0870. The molecule has 0 bridgehead atoms. The van der Waals surface area contributed by atoms with Gasteiger partial charge in [0.1, 0.15) is 5.75 Å². The average molecular weight is 450 g/mol. The topological polar surface area (TPSA) is 119 Å². The highest BCUT2D eigenvalue weighted by molar-refractivity contribution is 7.91. The van der Waals surface area contributed by atoms with E-state index in [-0.39, 0.29) is 38.1 Å². The quantitative estimate of drug-likeness (QED) is 0.493. The fourth-order valence-corrected chi connectivity index (χ4v) is 5.18. The maximum Gasteiger partial charge on any atom is 0.255 e. The van der Waals surface area contributed by atoms with E-state index in [2.05, 4.69) is 10.6 Å². The highest BCUT2D eigenvalue weighted by atomic mass is 32.2. The van der Waals surface area contributed by atoms with Gasteiger partial charge in [0.25, 0.3) is 5.91 Å². The number of ether oxygens (including phenoxy) is 1. The van der Waals surface area contributed by atoms with Crippen molar-refractivity contribution >= 4 is 38.8 Å². The van der Waals surface area contributed by atoms with Crippen molar-refractivity contribution in [1.82, 2.24) is 0 Å². The monoisotopic (exact) mass is 450 g/mol. The molecule has 1 aliphatic rings. The highest BCUT2D eigenvalue weighted by Crippen LogP contribution is 2.35. The zero-order valence-electron chi connectivity index (χ0n) is 17.1. The Balaban J connectivity index is 1.71. The number of benzene rings is 3. The predicted molar refractivity (Wildman–Crippen MR) is 117 cm³/mol. The van der Waals surface area contributed by atoms with Gasteiger partial charge in [-0.15, -0.1) is 0 Å². The Hall–Kier alpha value is -3.98. The van der Waals surface area contributed by atoms with E-state index in [0.29, 0.717) is 11.4 Å². The number of carbonyl (C=O) groups is 3. The Morgan fingerprint density at radius 2 is 1.59 bits per heavy atom. The number of hydrogen-bond donors (Lipinski definition) is 2. The molecule has 162 valence electrons. The van der Waals surface area contributed by atoms with Crippen molar-refractivity contribution in [2.24, 2.45) is 0 Å². The van der Waals surface area contributed by atoms with Gasteiger partial charge >= 0.3 is 0 Å². The fourth-order valence-electron chi connectivity index (χ4n) is 3.51. The van der Waals surface area contributed by atoms with Crippen LogP contribution in [0, 0.1) is 0 Å². The molecule has 0 aromatic heterocycles. The van der Waals surface area contributed by atoms with Gasteiger partial charge in [-0.1, -0.05) is 12.1 Å². The molecule has 0 unspecified atom stereocenters. The van der Waals surface area contributed by atoms with Gasteiger partial charge in [0.2, 0.25) is 15.7 Å². The second-order valence-electron chi connectivity index (χ2n) is 7.09. The first-order valence-electron chi connectivity index (χ1n) is 9.52. The maximum absolute atomic E-state index is 13.1. The van der Waals surface area contributed by atoms with Crippen LogP contribution in [0.3, 0.4) is 0 Å². The molecule has 0 aliphatic carbocycles. The molecule has 0 saturated heterocycles. The van der Waals surface area contributed by atoms with E-state index in [1.165, 1.54) is 50.4 Å². The van der Waals surface area contributed by atoms with Crippen LogP contribution in [0.4, 0.5) is 11.4 Å². The van der Waals surface area contributed by atoms with E-state index in [4.69, 9.17) is 4.74 Å². The van der Waals surface area contributed by atoms with Crippen LogP contribution in [0.2, 0.25) is 0 Å². The number of hydrogen-bond acceptors (Lipinski definition) is 6. The molecule has 0 spiro atoms. The summed E-state index contributed by atoms with van der Waals surface area (Å²) in [4.78, 5) is 36.7. The predicted octanol–water partition coefficient (Wildman–Crippen LogP) is 3.28. The summed E-state index contributed by atoms with van der Waals surface area (Å²) in [5.74, 6) is -0.950. The van der Waals surface area contributed by atoms with Gasteiger partial charge in [-0.2, -0.15) is 0 Å². The number of methoxy groups -OCH3 is 1. The van der Waals surface area contributed by atoms with E-state index in [1.807, 2.05) is 0 Å². The van der Waals surface area contributed by atoms with Crippen LogP contribution in [0.5, 0.6) is 5.75 Å². The number of carbonyl (C=O) groups excluding carboxylic acids is 3. The van der Waals surface area contributed by atoms with Crippen molar-refractivity contribution in [3.63, 3.8) is 0 Å². The van der Waals surface area contributed by atoms with Crippen LogP contribution in [0.1, 0.15) is 33.2 Å². The molecule has 0 fully saturated rings. The standard InChI is InChI=1S/C23H18N2O6S/c1-13(26)24-15-8-10-19(31-2)18(12-15)25-23(28)14-7-9-17-21(11-14)32(29,30)20-6-4-3-5-16(20)22(17)27/h3-12H,1-2H3,(H,24,26)(H,25,28). The maximum atomic E-state index is 13.1. The SMILES string of the molecule is COc1ccc(NC(C)=O)cc1NC(=O)c1ccc2c(c1)S(=O)(=O)c1ccccc1C2=O. The second-order valence-corrected chi connectivity index (χ2v) is 8.98. The molecule has 9 heteroatoms. The van der Waals surface area contributed by atoms with E-state index < -0.39 is 21.5 Å². The van der Waals surface area contributed by atoms with Crippen LogP contribution in [0.25, 0.3) is 0 Å². The summed E-state index contributed by atoms with van der Waals surface area (Å²) in [6.07, 6.45) is 0. The first kappa shape index (κ1) is 21.3. The summed E-state index contributed by atoms with van der Waals surface area (Å²) in [6.45, 7) is 1.36. The molecule has 3 aromatic rings. The van der Waals surface area contributed by atoms with E-state index >= 15 is 0 Å². The molecular weight excluding hydrogens is 432 g/mol. The lowest BCUT2D eigenvalue weighted by molar-refractivity contribution is -0.114. The molecule has 1 heterocycles. The van der Waals surface area contributed by atoms with Gasteiger partial charge < -0.3 is 15.4 Å². The van der Waals surface area contributed by atoms with Gasteiger partial charge in [0, 0.05) is 29.3 Å². The van der Waals surface area contributed by atoms with Crippen molar-refractivity contribution in [1.29, 1.82) is 0 Å². The van der Waals surface area contributed by atoms with Gasteiger partial charge in [0.05, 0.1) is 22.6 Å². The van der Waals surface area contributed by atoms with Gasteiger partial charge in [0.15, 0.2) is 5.78 Å². The molecule has 0 atom stereocenters. The minimum absolute atomic E-state index is 0.0190. The molecule has 0 saturated carbocycles. The first-order valence-corrected chi connectivity index (χ1v) is 11.0. The molecule has 1 aliphatic heterocycles. The van der Waals surface area contributed by atoms with Crippen molar-refractivity contribution in [3.05, 3.63) is 77.4 Å². The highest BCUT2D eigenvalue weighted by Gasteiger charge is 2.35. The van der Waals surface area contributed by atoms with E-state index in [9.17, 15) is 22.8 Å². The summed E-state index contributed by atoms with van der Waals surface area (Å²) in [7, 11) is -2.54. The minimum atomic E-state index is -3.97. The summed E-state index contributed by atoms with van der Waals surface area (Å²) >= 11 is 0.